The van der Waals surface area contributed by atoms with E-state index in [2.05, 4.69) is 114 Å². The van der Waals surface area contributed by atoms with Crippen molar-refractivity contribution >= 4 is 14.1 Å². The van der Waals surface area contributed by atoms with Crippen LogP contribution in [0.15, 0.2) is 65.9 Å². The fourth-order valence-corrected chi connectivity index (χ4v) is 8.25. The highest BCUT2D eigenvalue weighted by Gasteiger charge is 2.38. The molecule has 1 atom stereocenters. The van der Waals surface area contributed by atoms with Crippen LogP contribution in [-0.4, -0.2) is 8.07 Å². The van der Waals surface area contributed by atoms with Crippen LogP contribution in [0, 0.1) is 0 Å². The molecule has 0 radical (unpaired) electrons. The second-order valence-electron chi connectivity index (χ2n) is 10.9. The van der Waals surface area contributed by atoms with Crippen molar-refractivity contribution in [2.24, 2.45) is 0 Å². The van der Waals surface area contributed by atoms with Crippen molar-refractivity contribution < 1.29 is 0 Å². The average Bonchev–Trinajstić information content (AvgIpc) is 3.37. The molecule has 2 aromatic carbocycles. The van der Waals surface area contributed by atoms with Crippen molar-refractivity contribution in [2.45, 2.75) is 71.0 Å². The Balaban J connectivity index is 1.81. The van der Waals surface area contributed by atoms with Crippen LogP contribution in [0.5, 0.6) is 0 Å². The maximum absolute atomic E-state index is 2.54. The standard InChI is InChI=1S/C29H36Si/c1-20(2)27-19-21(29(3,4)5)15-16-25(27)23-13-10-14-26-24(23)17-18-28(26)30(6,7)22-11-8-9-12-22/h8-11,13-20,28H,12H2,1-7H3. The molecule has 0 saturated carbocycles. The molecule has 0 fully saturated rings. The highest BCUT2D eigenvalue weighted by Crippen LogP contribution is 2.45. The predicted octanol–water partition coefficient (Wildman–Crippen LogP) is 8.56. The van der Waals surface area contributed by atoms with Gasteiger partial charge in [-0.3, -0.25) is 0 Å². The second kappa shape index (κ2) is 7.53. The van der Waals surface area contributed by atoms with Gasteiger partial charge in [0.15, 0.2) is 0 Å². The summed E-state index contributed by atoms with van der Waals surface area (Å²) in [5.41, 5.74) is 9.41. The molecule has 0 saturated heterocycles. The first kappa shape index (κ1) is 21.1. The van der Waals surface area contributed by atoms with E-state index >= 15 is 0 Å². The molecule has 1 heteroatoms. The third-order valence-electron chi connectivity index (χ3n) is 7.14. The van der Waals surface area contributed by atoms with E-state index in [1.54, 1.807) is 5.20 Å². The molecule has 0 aromatic heterocycles. The summed E-state index contributed by atoms with van der Waals surface area (Å²) in [5, 5.41) is 1.67. The number of benzene rings is 2. The lowest BCUT2D eigenvalue weighted by Crippen LogP contribution is -2.36. The Morgan fingerprint density at radius 2 is 1.77 bits per heavy atom. The van der Waals surface area contributed by atoms with Crippen molar-refractivity contribution in [2.75, 3.05) is 0 Å². The molecular weight excluding hydrogens is 376 g/mol. The van der Waals surface area contributed by atoms with E-state index in [9.17, 15) is 0 Å². The highest BCUT2D eigenvalue weighted by atomic mass is 28.3. The minimum atomic E-state index is -1.57. The molecule has 0 bridgehead atoms. The summed E-state index contributed by atoms with van der Waals surface area (Å²) in [7, 11) is -1.57. The summed E-state index contributed by atoms with van der Waals surface area (Å²) in [6.45, 7) is 16.6. The number of rotatable bonds is 4. The Kier molecular flexibility index (Phi) is 5.30. The average molecular weight is 413 g/mol. The van der Waals surface area contributed by atoms with E-state index < -0.39 is 8.07 Å². The topological polar surface area (TPSA) is 0 Å². The van der Waals surface area contributed by atoms with E-state index in [0.717, 1.165) is 6.42 Å². The smallest absolute Gasteiger partial charge is 0.0809 e. The third-order valence-corrected chi connectivity index (χ3v) is 11.2. The second-order valence-corrected chi connectivity index (χ2v) is 15.6. The zero-order valence-corrected chi connectivity index (χ0v) is 20.7. The van der Waals surface area contributed by atoms with E-state index in [1.165, 1.54) is 33.4 Å². The zero-order valence-electron chi connectivity index (χ0n) is 19.7. The van der Waals surface area contributed by atoms with Crippen molar-refractivity contribution in [1.82, 2.24) is 0 Å². The number of hydrogen-bond acceptors (Lipinski definition) is 0. The van der Waals surface area contributed by atoms with E-state index in [1.807, 2.05) is 0 Å². The van der Waals surface area contributed by atoms with Crippen LogP contribution in [0.2, 0.25) is 13.1 Å². The predicted molar refractivity (Wildman–Crippen MR) is 136 cm³/mol. The zero-order chi connectivity index (χ0) is 21.7. The van der Waals surface area contributed by atoms with Crippen LogP contribution in [-0.2, 0) is 5.41 Å². The minimum absolute atomic E-state index is 0.171. The molecule has 156 valence electrons. The van der Waals surface area contributed by atoms with Crippen molar-refractivity contribution in [3.05, 3.63) is 88.2 Å². The Morgan fingerprint density at radius 1 is 1.00 bits per heavy atom. The van der Waals surface area contributed by atoms with Gasteiger partial charge in [0.25, 0.3) is 0 Å². The van der Waals surface area contributed by atoms with Crippen molar-refractivity contribution in [3.8, 4) is 11.1 Å². The van der Waals surface area contributed by atoms with Gasteiger partial charge in [-0.05, 0) is 51.1 Å². The number of hydrogen-bond donors (Lipinski definition) is 0. The first-order valence-electron chi connectivity index (χ1n) is 11.4. The molecule has 1 unspecified atom stereocenters. The van der Waals surface area contributed by atoms with Gasteiger partial charge in [-0.2, -0.15) is 0 Å². The van der Waals surface area contributed by atoms with Gasteiger partial charge in [-0.1, -0.05) is 120 Å². The van der Waals surface area contributed by atoms with Crippen molar-refractivity contribution in [3.63, 3.8) is 0 Å². The van der Waals surface area contributed by atoms with Gasteiger partial charge in [0.2, 0.25) is 0 Å². The maximum Gasteiger partial charge on any atom is 0.0873 e. The first-order valence-corrected chi connectivity index (χ1v) is 14.5. The summed E-state index contributed by atoms with van der Waals surface area (Å²) < 4.78 is 0. The van der Waals surface area contributed by atoms with Gasteiger partial charge >= 0.3 is 0 Å². The van der Waals surface area contributed by atoms with Gasteiger partial charge in [-0.25, -0.2) is 0 Å². The van der Waals surface area contributed by atoms with Crippen LogP contribution in [0.4, 0.5) is 0 Å². The number of fused-ring (bicyclic) bond motifs is 1. The molecule has 30 heavy (non-hydrogen) atoms. The SMILES string of the molecule is CC(C)c1cc(C(C)(C)C)ccc1-c1cccc2c1C=CC2[Si](C)(C)C1=CC=CC1. The monoisotopic (exact) mass is 412 g/mol. The van der Waals surface area contributed by atoms with Crippen LogP contribution in [0.1, 0.15) is 74.8 Å². The first-order chi connectivity index (χ1) is 14.1. The highest BCUT2D eigenvalue weighted by molar-refractivity contribution is 6.86. The maximum atomic E-state index is 2.54. The lowest BCUT2D eigenvalue weighted by molar-refractivity contribution is 0.588. The quantitative estimate of drug-likeness (QED) is 0.441. The molecular formula is C29H36Si. The summed E-state index contributed by atoms with van der Waals surface area (Å²) in [6, 6.07) is 14.1. The summed E-state index contributed by atoms with van der Waals surface area (Å²) in [6.07, 6.45) is 13.0. The third kappa shape index (κ3) is 3.58. The van der Waals surface area contributed by atoms with Crippen molar-refractivity contribution in [1.29, 1.82) is 0 Å². The van der Waals surface area contributed by atoms with E-state index in [4.69, 9.17) is 0 Å². The fourth-order valence-electron chi connectivity index (χ4n) is 5.08. The molecule has 0 nitrogen and oxygen atoms in total. The molecule has 2 aliphatic rings. The largest absolute Gasteiger partial charge is 0.0873 e. The van der Waals surface area contributed by atoms with E-state index in [0.29, 0.717) is 11.5 Å². The van der Waals surface area contributed by atoms with Crippen LogP contribution in [0.25, 0.3) is 17.2 Å². The molecule has 0 amide bonds. The summed E-state index contributed by atoms with van der Waals surface area (Å²) in [5.74, 6) is 0.500. The van der Waals surface area contributed by atoms with Gasteiger partial charge in [0, 0.05) is 5.54 Å². The molecule has 0 spiro atoms. The molecule has 0 aliphatic heterocycles. The molecule has 2 aromatic rings. The molecule has 4 rings (SSSR count). The van der Waals surface area contributed by atoms with Gasteiger partial charge in [0.1, 0.15) is 0 Å². The fraction of sp³-hybridized carbons (Fsp3) is 0.379. The Bertz CT molecular complexity index is 1050. The normalized spacial score (nSPS) is 18.3. The molecule has 0 N–H and O–H groups in total. The minimum Gasteiger partial charge on any atom is -0.0809 e. The van der Waals surface area contributed by atoms with E-state index in [-0.39, 0.29) is 5.41 Å². The van der Waals surface area contributed by atoms with Crippen LogP contribution < -0.4 is 0 Å². The van der Waals surface area contributed by atoms with Crippen LogP contribution >= 0.6 is 0 Å². The van der Waals surface area contributed by atoms with Gasteiger partial charge in [-0.15, -0.1) is 0 Å². The Morgan fingerprint density at radius 3 is 2.40 bits per heavy atom. The Labute approximate surface area is 184 Å². The molecule has 2 aliphatic carbocycles. The van der Waals surface area contributed by atoms with Gasteiger partial charge < -0.3 is 0 Å². The summed E-state index contributed by atoms with van der Waals surface area (Å²) in [4.78, 5) is 0. The Hall–Kier alpha value is -2.12. The number of allylic oxidation sites excluding steroid dienone is 5. The van der Waals surface area contributed by atoms with Gasteiger partial charge in [0.05, 0.1) is 8.07 Å². The lowest BCUT2D eigenvalue weighted by Gasteiger charge is -2.31. The molecule has 0 heterocycles. The summed E-state index contributed by atoms with van der Waals surface area (Å²) >= 11 is 0. The van der Waals surface area contributed by atoms with Crippen LogP contribution in [0.3, 0.4) is 0 Å². The lowest BCUT2D eigenvalue weighted by atomic mass is 9.81.